The van der Waals surface area contributed by atoms with Crippen LogP contribution in [-0.4, -0.2) is 29.1 Å². The molecular weight excluding hydrogens is 365 g/mol. The van der Waals surface area contributed by atoms with Gasteiger partial charge in [-0.05, 0) is 30.7 Å². The predicted molar refractivity (Wildman–Crippen MR) is 96.3 cm³/mol. The number of hydrogen-bond donors (Lipinski definition) is 2. The molecule has 2 rings (SSSR count). The predicted octanol–water partition coefficient (Wildman–Crippen LogP) is 3.57. The lowest BCUT2D eigenvalue weighted by molar-refractivity contribution is -0.142. The number of nitrogens with one attached hydrogen (secondary N) is 1. The van der Waals surface area contributed by atoms with Crippen LogP contribution in [0.1, 0.15) is 12.5 Å². The average Bonchev–Trinajstić information content (AvgIpc) is 2.57. The normalized spacial score (nSPS) is 12.9. The number of carboxylic acids is 1. The Labute approximate surface area is 155 Å². The quantitative estimate of drug-likeness (QED) is 0.768. The Balaban J connectivity index is 2.01. The van der Waals surface area contributed by atoms with E-state index in [0.717, 1.165) is 5.56 Å². The molecule has 5 nitrogen and oxygen atoms in total. The highest BCUT2D eigenvalue weighted by Crippen LogP contribution is 2.28. The first-order valence-corrected chi connectivity index (χ1v) is 8.31. The van der Waals surface area contributed by atoms with Crippen LogP contribution in [0.3, 0.4) is 0 Å². The summed E-state index contributed by atoms with van der Waals surface area (Å²) in [5.74, 6) is -1.37. The molecule has 2 N–H and O–H groups in total. The van der Waals surface area contributed by atoms with Gasteiger partial charge in [0.25, 0.3) is 5.91 Å². The van der Waals surface area contributed by atoms with Crippen molar-refractivity contribution in [1.82, 2.24) is 5.32 Å². The molecule has 1 amide bonds. The third-order valence-electron chi connectivity index (χ3n) is 3.46. The number of carbonyl (C=O) groups excluding carboxylic acids is 1. The van der Waals surface area contributed by atoms with E-state index in [1.165, 1.54) is 13.0 Å². The maximum Gasteiger partial charge on any atom is 0.326 e. The number of halogens is 2. The molecule has 0 aliphatic rings. The molecular formula is C18H17Cl2NO4. The second-order valence-electron chi connectivity index (χ2n) is 5.42. The van der Waals surface area contributed by atoms with Gasteiger partial charge < -0.3 is 15.2 Å². The van der Waals surface area contributed by atoms with Crippen molar-refractivity contribution in [3.8, 4) is 5.75 Å². The van der Waals surface area contributed by atoms with Crippen LogP contribution in [0.4, 0.5) is 0 Å². The molecule has 7 heteroatoms. The summed E-state index contributed by atoms with van der Waals surface area (Å²) in [6, 6.07) is 12.6. The highest BCUT2D eigenvalue weighted by atomic mass is 35.5. The zero-order valence-corrected chi connectivity index (χ0v) is 14.9. The van der Waals surface area contributed by atoms with E-state index in [-0.39, 0.29) is 11.4 Å². The van der Waals surface area contributed by atoms with Gasteiger partial charge in [-0.15, -0.1) is 0 Å². The molecule has 0 aliphatic carbocycles. The third kappa shape index (κ3) is 5.66. The lowest BCUT2D eigenvalue weighted by Gasteiger charge is -2.19. The molecule has 2 aromatic rings. The topological polar surface area (TPSA) is 75.6 Å². The van der Waals surface area contributed by atoms with E-state index in [0.29, 0.717) is 10.8 Å². The highest BCUT2D eigenvalue weighted by molar-refractivity contribution is 6.35. The Morgan fingerprint density at radius 3 is 2.44 bits per heavy atom. The molecule has 0 bridgehead atoms. The SMILES string of the molecule is C[C@H](Oc1ccc(Cl)cc1Cl)C(=O)N[C@@H](Cc1ccccc1)C(=O)O. The maximum atomic E-state index is 12.3. The Bertz CT molecular complexity index is 752. The van der Waals surface area contributed by atoms with Gasteiger partial charge in [0.15, 0.2) is 6.10 Å². The molecule has 0 saturated heterocycles. The van der Waals surface area contributed by atoms with Crippen molar-refractivity contribution in [3.63, 3.8) is 0 Å². The smallest absolute Gasteiger partial charge is 0.326 e. The Hall–Kier alpha value is -2.24. The number of rotatable bonds is 7. The standard InChI is InChI=1S/C18H17Cl2NO4/c1-11(25-16-8-7-13(19)10-14(16)20)17(22)21-15(18(23)24)9-12-5-3-2-4-6-12/h2-8,10-11,15H,9H2,1H3,(H,21,22)(H,23,24)/t11-,15-/m0/s1. The Kier molecular flexibility index (Phi) is 6.67. The van der Waals surface area contributed by atoms with Gasteiger partial charge in [0.1, 0.15) is 11.8 Å². The third-order valence-corrected chi connectivity index (χ3v) is 3.99. The van der Waals surface area contributed by atoms with Crippen molar-refractivity contribution >= 4 is 35.1 Å². The molecule has 25 heavy (non-hydrogen) atoms. The van der Waals surface area contributed by atoms with E-state index < -0.39 is 24.0 Å². The largest absolute Gasteiger partial charge is 0.480 e. The van der Waals surface area contributed by atoms with Crippen LogP contribution in [0.15, 0.2) is 48.5 Å². The van der Waals surface area contributed by atoms with Gasteiger partial charge in [0.05, 0.1) is 5.02 Å². The minimum atomic E-state index is -1.12. The molecule has 0 unspecified atom stereocenters. The minimum absolute atomic E-state index is 0.177. The Morgan fingerprint density at radius 2 is 1.84 bits per heavy atom. The van der Waals surface area contributed by atoms with E-state index in [4.69, 9.17) is 27.9 Å². The second kappa shape index (κ2) is 8.74. The molecule has 0 aliphatic heterocycles. The van der Waals surface area contributed by atoms with Crippen LogP contribution in [0, 0.1) is 0 Å². The molecule has 0 heterocycles. The Morgan fingerprint density at radius 1 is 1.16 bits per heavy atom. The first-order valence-electron chi connectivity index (χ1n) is 7.55. The molecule has 2 aromatic carbocycles. The summed E-state index contributed by atoms with van der Waals surface area (Å²) in [5.41, 5.74) is 0.810. The average molecular weight is 382 g/mol. The molecule has 0 radical (unpaired) electrons. The molecule has 132 valence electrons. The zero-order chi connectivity index (χ0) is 18.4. The number of benzene rings is 2. The number of carbonyl (C=O) groups is 2. The summed E-state index contributed by atoms with van der Waals surface area (Å²) < 4.78 is 5.50. The van der Waals surface area contributed by atoms with Crippen molar-refractivity contribution in [3.05, 3.63) is 64.1 Å². The monoisotopic (exact) mass is 381 g/mol. The van der Waals surface area contributed by atoms with Crippen LogP contribution in [0.2, 0.25) is 10.0 Å². The summed E-state index contributed by atoms with van der Waals surface area (Å²) in [4.78, 5) is 23.7. The first-order chi connectivity index (χ1) is 11.9. The molecule has 0 fully saturated rings. The number of ether oxygens (including phenoxy) is 1. The van der Waals surface area contributed by atoms with Crippen molar-refractivity contribution in [1.29, 1.82) is 0 Å². The molecule has 0 spiro atoms. The fourth-order valence-corrected chi connectivity index (χ4v) is 2.61. The molecule has 0 aromatic heterocycles. The summed E-state index contributed by atoms with van der Waals surface area (Å²) >= 11 is 11.8. The van der Waals surface area contributed by atoms with Crippen molar-refractivity contribution in [2.75, 3.05) is 0 Å². The van der Waals surface area contributed by atoms with Gasteiger partial charge >= 0.3 is 5.97 Å². The fourth-order valence-electron chi connectivity index (χ4n) is 2.15. The van der Waals surface area contributed by atoms with Gasteiger partial charge in [-0.3, -0.25) is 4.79 Å². The van der Waals surface area contributed by atoms with Gasteiger partial charge in [0, 0.05) is 11.4 Å². The van der Waals surface area contributed by atoms with Crippen LogP contribution >= 0.6 is 23.2 Å². The van der Waals surface area contributed by atoms with Gasteiger partial charge in [-0.2, -0.15) is 0 Å². The first kappa shape index (κ1) is 19.1. The van der Waals surface area contributed by atoms with E-state index in [1.807, 2.05) is 18.2 Å². The van der Waals surface area contributed by atoms with Crippen LogP contribution in [-0.2, 0) is 16.0 Å². The lowest BCUT2D eigenvalue weighted by Crippen LogP contribution is -2.47. The summed E-state index contributed by atoms with van der Waals surface area (Å²) in [6.45, 7) is 1.52. The zero-order valence-electron chi connectivity index (χ0n) is 13.4. The summed E-state index contributed by atoms with van der Waals surface area (Å²) in [6.07, 6.45) is -0.743. The van der Waals surface area contributed by atoms with E-state index >= 15 is 0 Å². The number of carboxylic acid groups (broad SMARTS) is 1. The fraction of sp³-hybridized carbons (Fsp3) is 0.222. The summed E-state index contributed by atoms with van der Waals surface area (Å²) in [7, 11) is 0. The number of amides is 1. The van der Waals surface area contributed by atoms with Gasteiger partial charge in [0.2, 0.25) is 0 Å². The van der Waals surface area contributed by atoms with E-state index in [1.54, 1.807) is 24.3 Å². The van der Waals surface area contributed by atoms with Crippen LogP contribution < -0.4 is 10.1 Å². The number of hydrogen-bond acceptors (Lipinski definition) is 3. The molecule has 2 atom stereocenters. The van der Waals surface area contributed by atoms with Gasteiger partial charge in [-0.25, -0.2) is 4.79 Å². The maximum absolute atomic E-state index is 12.3. The highest BCUT2D eigenvalue weighted by Gasteiger charge is 2.24. The van der Waals surface area contributed by atoms with E-state index in [2.05, 4.69) is 5.32 Å². The second-order valence-corrected chi connectivity index (χ2v) is 6.27. The van der Waals surface area contributed by atoms with Gasteiger partial charge in [-0.1, -0.05) is 53.5 Å². The lowest BCUT2D eigenvalue weighted by atomic mass is 10.1. The van der Waals surface area contributed by atoms with E-state index in [9.17, 15) is 14.7 Å². The summed E-state index contributed by atoms with van der Waals surface area (Å²) in [5, 5.41) is 12.5. The number of aliphatic carboxylic acids is 1. The van der Waals surface area contributed by atoms with Crippen molar-refractivity contribution < 1.29 is 19.4 Å². The minimum Gasteiger partial charge on any atom is -0.480 e. The van der Waals surface area contributed by atoms with Crippen molar-refractivity contribution in [2.24, 2.45) is 0 Å². The molecule has 0 saturated carbocycles. The van der Waals surface area contributed by atoms with Crippen LogP contribution in [0.5, 0.6) is 5.75 Å². The van der Waals surface area contributed by atoms with Crippen LogP contribution in [0.25, 0.3) is 0 Å². The van der Waals surface area contributed by atoms with Crippen molar-refractivity contribution in [2.45, 2.75) is 25.5 Å².